The van der Waals surface area contributed by atoms with Crippen molar-refractivity contribution < 1.29 is 0 Å². The van der Waals surface area contributed by atoms with Crippen LogP contribution in [0.2, 0.25) is 0 Å². The standard InChI is InChI=1S/C13H19Cl/c1-11(2)5-4-8-13(3)9-6-12(14)7-10-13/h6-7,9H,1,4-5,8,10H2,2-3H3. The van der Waals surface area contributed by atoms with Gasteiger partial charge in [-0.2, -0.15) is 0 Å². The van der Waals surface area contributed by atoms with Crippen molar-refractivity contribution in [1.29, 1.82) is 0 Å². The average molecular weight is 211 g/mol. The predicted molar refractivity (Wildman–Crippen MR) is 64.5 cm³/mol. The van der Waals surface area contributed by atoms with Gasteiger partial charge in [-0.3, -0.25) is 0 Å². The summed E-state index contributed by atoms with van der Waals surface area (Å²) in [6, 6.07) is 0. The van der Waals surface area contributed by atoms with E-state index < -0.39 is 0 Å². The summed E-state index contributed by atoms with van der Waals surface area (Å²) < 4.78 is 0. The van der Waals surface area contributed by atoms with Crippen molar-refractivity contribution >= 4 is 11.6 Å². The van der Waals surface area contributed by atoms with E-state index in [9.17, 15) is 0 Å². The Balaban J connectivity index is 2.38. The Kier molecular flexibility index (Phi) is 4.00. The molecule has 0 bridgehead atoms. The maximum Gasteiger partial charge on any atom is 0.0363 e. The maximum absolute atomic E-state index is 5.89. The summed E-state index contributed by atoms with van der Waals surface area (Å²) in [6.07, 6.45) is 11.0. The molecule has 0 radical (unpaired) electrons. The molecular formula is C13H19Cl. The molecule has 0 aromatic rings. The first-order valence-electron chi connectivity index (χ1n) is 5.21. The van der Waals surface area contributed by atoms with Crippen molar-refractivity contribution in [2.24, 2.45) is 5.41 Å². The molecule has 1 atom stereocenters. The van der Waals surface area contributed by atoms with E-state index in [0.717, 1.165) is 17.9 Å². The predicted octanol–water partition coefficient (Wildman–Crippen LogP) is 4.82. The summed E-state index contributed by atoms with van der Waals surface area (Å²) in [4.78, 5) is 0. The average Bonchev–Trinajstić information content (AvgIpc) is 2.10. The van der Waals surface area contributed by atoms with Crippen molar-refractivity contribution in [2.75, 3.05) is 0 Å². The van der Waals surface area contributed by atoms with Crippen LogP contribution in [0.15, 0.2) is 35.4 Å². The zero-order valence-electron chi connectivity index (χ0n) is 9.15. The van der Waals surface area contributed by atoms with Gasteiger partial charge in [0.25, 0.3) is 0 Å². The van der Waals surface area contributed by atoms with E-state index in [4.69, 9.17) is 11.6 Å². The van der Waals surface area contributed by atoms with E-state index in [1.165, 1.54) is 18.4 Å². The first-order valence-corrected chi connectivity index (χ1v) is 5.59. The third kappa shape index (κ3) is 3.71. The van der Waals surface area contributed by atoms with Gasteiger partial charge < -0.3 is 0 Å². The molecule has 0 N–H and O–H groups in total. The molecule has 0 saturated heterocycles. The third-order valence-corrected chi connectivity index (χ3v) is 3.04. The van der Waals surface area contributed by atoms with Gasteiger partial charge in [-0.1, -0.05) is 36.2 Å². The van der Waals surface area contributed by atoms with Gasteiger partial charge in [0.2, 0.25) is 0 Å². The summed E-state index contributed by atoms with van der Waals surface area (Å²) >= 11 is 5.89. The molecule has 1 aliphatic rings. The van der Waals surface area contributed by atoms with Crippen LogP contribution in [0.5, 0.6) is 0 Å². The molecule has 0 fully saturated rings. The molecule has 0 saturated carbocycles. The Morgan fingerprint density at radius 2 is 2.36 bits per heavy atom. The Labute approximate surface area is 92.3 Å². The van der Waals surface area contributed by atoms with Crippen LogP contribution in [0.4, 0.5) is 0 Å². The third-order valence-electron chi connectivity index (χ3n) is 2.76. The lowest BCUT2D eigenvalue weighted by atomic mass is 9.79. The molecule has 0 aromatic heterocycles. The van der Waals surface area contributed by atoms with Crippen LogP contribution in [0.1, 0.15) is 39.5 Å². The molecule has 0 aromatic carbocycles. The molecule has 1 unspecified atom stereocenters. The molecular weight excluding hydrogens is 192 g/mol. The van der Waals surface area contributed by atoms with Crippen LogP contribution in [-0.2, 0) is 0 Å². The lowest BCUT2D eigenvalue weighted by Crippen LogP contribution is -2.14. The smallest absolute Gasteiger partial charge is 0.0363 e. The summed E-state index contributed by atoms with van der Waals surface area (Å²) in [5.41, 5.74) is 1.59. The first-order chi connectivity index (χ1) is 6.52. The number of halogens is 1. The van der Waals surface area contributed by atoms with Crippen LogP contribution in [-0.4, -0.2) is 0 Å². The topological polar surface area (TPSA) is 0 Å². The Morgan fingerprint density at radius 3 is 2.86 bits per heavy atom. The summed E-state index contributed by atoms with van der Waals surface area (Å²) in [5.74, 6) is 0. The van der Waals surface area contributed by atoms with Crippen LogP contribution < -0.4 is 0 Å². The zero-order chi connectivity index (χ0) is 10.6. The van der Waals surface area contributed by atoms with E-state index in [0.29, 0.717) is 5.41 Å². The lowest BCUT2D eigenvalue weighted by Gasteiger charge is -2.27. The lowest BCUT2D eigenvalue weighted by molar-refractivity contribution is 0.380. The van der Waals surface area contributed by atoms with E-state index in [-0.39, 0.29) is 0 Å². The van der Waals surface area contributed by atoms with Gasteiger partial charge >= 0.3 is 0 Å². The Morgan fingerprint density at radius 1 is 1.64 bits per heavy atom. The fraction of sp³-hybridized carbons (Fsp3) is 0.538. The van der Waals surface area contributed by atoms with Crippen LogP contribution in [0.3, 0.4) is 0 Å². The normalized spacial score (nSPS) is 26.1. The molecule has 0 aliphatic heterocycles. The van der Waals surface area contributed by atoms with E-state index in [1.54, 1.807) is 0 Å². The number of hydrogen-bond acceptors (Lipinski definition) is 0. The molecule has 14 heavy (non-hydrogen) atoms. The minimum atomic E-state index is 0.313. The quantitative estimate of drug-likeness (QED) is 0.584. The molecule has 78 valence electrons. The highest BCUT2D eigenvalue weighted by Gasteiger charge is 2.21. The second-order valence-electron chi connectivity index (χ2n) is 4.59. The largest absolute Gasteiger partial charge is 0.100 e. The Bertz CT molecular complexity index is 273. The van der Waals surface area contributed by atoms with Gasteiger partial charge in [0.05, 0.1) is 0 Å². The van der Waals surface area contributed by atoms with Gasteiger partial charge in [0, 0.05) is 5.03 Å². The van der Waals surface area contributed by atoms with Crippen molar-refractivity contribution in [3.8, 4) is 0 Å². The zero-order valence-corrected chi connectivity index (χ0v) is 9.90. The van der Waals surface area contributed by atoms with Gasteiger partial charge in [0.15, 0.2) is 0 Å². The van der Waals surface area contributed by atoms with Crippen molar-refractivity contribution in [3.05, 3.63) is 35.4 Å². The van der Waals surface area contributed by atoms with Crippen molar-refractivity contribution in [2.45, 2.75) is 39.5 Å². The second-order valence-corrected chi connectivity index (χ2v) is 5.03. The summed E-state index contributed by atoms with van der Waals surface area (Å²) in [7, 11) is 0. The van der Waals surface area contributed by atoms with Gasteiger partial charge in [-0.15, -0.1) is 6.58 Å². The van der Waals surface area contributed by atoms with E-state index >= 15 is 0 Å². The highest BCUT2D eigenvalue weighted by atomic mass is 35.5. The SMILES string of the molecule is C=C(C)CCCC1(C)C=CC(Cl)=CC1. The van der Waals surface area contributed by atoms with Gasteiger partial charge in [0.1, 0.15) is 0 Å². The first kappa shape index (κ1) is 11.6. The molecule has 0 spiro atoms. The fourth-order valence-electron chi connectivity index (χ4n) is 1.73. The highest BCUT2D eigenvalue weighted by molar-refractivity contribution is 6.31. The molecule has 1 rings (SSSR count). The molecule has 1 heteroatoms. The van der Waals surface area contributed by atoms with Crippen LogP contribution in [0.25, 0.3) is 0 Å². The van der Waals surface area contributed by atoms with Gasteiger partial charge in [-0.25, -0.2) is 0 Å². The number of allylic oxidation sites excluding steroid dienone is 5. The van der Waals surface area contributed by atoms with Crippen molar-refractivity contribution in [3.63, 3.8) is 0 Å². The van der Waals surface area contributed by atoms with Crippen molar-refractivity contribution in [1.82, 2.24) is 0 Å². The molecule has 1 aliphatic carbocycles. The van der Waals surface area contributed by atoms with Crippen LogP contribution >= 0.6 is 11.6 Å². The maximum atomic E-state index is 5.89. The Hall–Kier alpha value is -0.490. The highest BCUT2D eigenvalue weighted by Crippen LogP contribution is 2.35. The minimum Gasteiger partial charge on any atom is -0.100 e. The summed E-state index contributed by atoms with van der Waals surface area (Å²) in [6.45, 7) is 8.31. The second kappa shape index (κ2) is 4.84. The van der Waals surface area contributed by atoms with Crippen LogP contribution in [0, 0.1) is 5.41 Å². The molecule has 0 amide bonds. The fourth-order valence-corrected chi connectivity index (χ4v) is 1.87. The van der Waals surface area contributed by atoms with Gasteiger partial charge in [-0.05, 0) is 44.1 Å². The number of hydrogen-bond donors (Lipinski definition) is 0. The van der Waals surface area contributed by atoms with E-state index in [1.807, 2.05) is 6.08 Å². The monoisotopic (exact) mass is 210 g/mol. The molecule has 0 heterocycles. The number of rotatable bonds is 4. The van der Waals surface area contributed by atoms with E-state index in [2.05, 4.69) is 32.6 Å². The minimum absolute atomic E-state index is 0.313. The molecule has 0 nitrogen and oxygen atoms in total. The summed E-state index contributed by atoms with van der Waals surface area (Å²) in [5, 5.41) is 0.877.